The lowest BCUT2D eigenvalue weighted by molar-refractivity contribution is -0.144. The number of hydrogen-bond acceptors (Lipinski definition) is 8. The average Bonchev–Trinajstić information content (AvgIpc) is 3.55. The third kappa shape index (κ3) is 5.71. The van der Waals surface area contributed by atoms with Crippen molar-refractivity contribution in [3.8, 4) is 11.6 Å². The van der Waals surface area contributed by atoms with Gasteiger partial charge in [0, 0.05) is 18.7 Å². The van der Waals surface area contributed by atoms with Gasteiger partial charge >= 0.3 is 0 Å². The van der Waals surface area contributed by atoms with E-state index in [2.05, 4.69) is 20.7 Å². The predicted octanol–water partition coefficient (Wildman–Crippen LogP) is 2.50. The first-order valence-electron chi connectivity index (χ1n) is 11.3. The zero-order valence-corrected chi connectivity index (χ0v) is 19.9. The van der Waals surface area contributed by atoms with E-state index < -0.39 is 11.6 Å². The smallest absolute Gasteiger partial charge is 0.251 e. The standard InChI is InChI=1S/C23H30N6O5/c1-15-9-10-18(34-15)21-25-27-29(26-21)14-19(30)28(13-16-7-5-11-32-16)20(17-8-6-12-33-17)22(31)24-23(2,3)4/h6,8-10,12,16,20H,5,7,11,13-14H2,1-4H3,(H,24,31)/t16-,20+/m0/s1. The lowest BCUT2D eigenvalue weighted by Gasteiger charge is -2.33. The minimum absolute atomic E-state index is 0.172. The van der Waals surface area contributed by atoms with Gasteiger partial charge in [-0.3, -0.25) is 9.59 Å². The molecule has 1 aliphatic rings. The van der Waals surface area contributed by atoms with Gasteiger partial charge in [0.05, 0.1) is 12.4 Å². The summed E-state index contributed by atoms with van der Waals surface area (Å²) in [5.41, 5.74) is -0.496. The molecule has 0 spiro atoms. The second-order valence-electron chi connectivity index (χ2n) is 9.39. The largest absolute Gasteiger partial charge is 0.467 e. The summed E-state index contributed by atoms with van der Waals surface area (Å²) < 4.78 is 16.9. The minimum Gasteiger partial charge on any atom is -0.467 e. The lowest BCUT2D eigenvalue weighted by Crippen LogP contribution is -2.51. The number of nitrogens with one attached hydrogen (secondary N) is 1. The molecule has 0 aromatic carbocycles. The Balaban J connectivity index is 1.60. The van der Waals surface area contributed by atoms with Gasteiger partial charge in [-0.1, -0.05) is 0 Å². The van der Waals surface area contributed by atoms with E-state index in [0.29, 0.717) is 18.1 Å². The van der Waals surface area contributed by atoms with Crippen LogP contribution in [0.5, 0.6) is 0 Å². The first-order chi connectivity index (χ1) is 16.2. The topological polar surface area (TPSA) is 129 Å². The average molecular weight is 471 g/mol. The number of nitrogens with zero attached hydrogens (tertiary/aromatic N) is 5. The molecular formula is C23H30N6O5. The van der Waals surface area contributed by atoms with Crippen molar-refractivity contribution in [1.29, 1.82) is 0 Å². The summed E-state index contributed by atoms with van der Waals surface area (Å²) in [5.74, 6) is 1.13. The Hall–Kier alpha value is -3.47. The Bertz CT molecular complexity index is 1110. The molecule has 34 heavy (non-hydrogen) atoms. The van der Waals surface area contributed by atoms with Gasteiger partial charge in [-0.25, -0.2) is 0 Å². The van der Waals surface area contributed by atoms with Gasteiger partial charge in [0.2, 0.25) is 11.7 Å². The first-order valence-corrected chi connectivity index (χ1v) is 11.3. The second-order valence-corrected chi connectivity index (χ2v) is 9.39. The molecular weight excluding hydrogens is 440 g/mol. The molecule has 0 radical (unpaired) electrons. The van der Waals surface area contributed by atoms with Gasteiger partial charge in [0.25, 0.3) is 5.91 Å². The number of carbonyl (C=O) groups excluding carboxylic acids is 2. The molecule has 0 unspecified atom stereocenters. The van der Waals surface area contributed by atoms with Gasteiger partial charge in [0.15, 0.2) is 11.8 Å². The lowest BCUT2D eigenvalue weighted by atomic mass is 10.1. The summed E-state index contributed by atoms with van der Waals surface area (Å²) in [7, 11) is 0. The fourth-order valence-electron chi connectivity index (χ4n) is 3.84. The molecule has 4 heterocycles. The highest BCUT2D eigenvalue weighted by molar-refractivity contribution is 5.88. The molecule has 1 N–H and O–H groups in total. The van der Waals surface area contributed by atoms with Crippen LogP contribution in [-0.2, 0) is 20.9 Å². The van der Waals surface area contributed by atoms with Crippen LogP contribution in [0.3, 0.4) is 0 Å². The monoisotopic (exact) mass is 470 g/mol. The van der Waals surface area contributed by atoms with Crippen molar-refractivity contribution in [2.75, 3.05) is 13.2 Å². The van der Waals surface area contributed by atoms with Crippen LogP contribution >= 0.6 is 0 Å². The van der Waals surface area contributed by atoms with Crippen LogP contribution in [0.25, 0.3) is 11.6 Å². The maximum Gasteiger partial charge on any atom is 0.251 e. The Morgan fingerprint density at radius 3 is 2.74 bits per heavy atom. The molecule has 0 saturated carbocycles. The molecule has 11 heteroatoms. The number of aryl methyl sites for hydroxylation is 1. The van der Waals surface area contributed by atoms with Crippen LogP contribution in [0, 0.1) is 6.92 Å². The van der Waals surface area contributed by atoms with E-state index in [9.17, 15) is 9.59 Å². The van der Waals surface area contributed by atoms with E-state index in [-0.39, 0.29) is 36.8 Å². The first kappa shape index (κ1) is 23.7. The van der Waals surface area contributed by atoms with Gasteiger partial charge in [-0.2, -0.15) is 4.80 Å². The van der Waals surface area contributed by atoms with Crippen LogP contribution < -0.4 is 5.32 Å². The van der Waals surface area contributed by atoms with E-state index in [1.165, 1.54) is 16.0 Å². The SMILES string of the molecule is Cc1ccc(-c2nnn(CC(=O)N(C[C@@H]3CCCO3)[C@@H](C(=O)NC(C)(C)C)c3ccco3)n2)o1. The molecule has 1 fully saturated rings. The summed E-state index contributed by atoms with van der Waals surface area (Å²) in [5, 5.41) is 15.2. The number of furan rings is 2. The predicted molar refractivity (Wildman–Crippen MR) is 120 cm³/mol. The molecule has 1 aliphatic heterocycles. The van der Waals surface area contributed by atoms with Crippen LogP contribution in [0.15, 0.2) is 39.4 Å². The van der Waals surface area contributed by atoms with Gasteiger partial charge in [0.1, 0.15) is 18.1 Å². The van der Waals surface area contributed by atoms with Crippen LogP contribution in [-0.4, -0.2) is 61.7 Å². The molecule has 182 valence electrons. The molecule has 3 aromatic rings. The number of ether oxygens (including phenoxy) is 1. The van der Waals surface area contributed by atoms with Gasteiger partial charge < -0.3 is 23.8 Å². The maximum absolute atomic E-state index is 13.6. The molecule has 3 aromatic heterocycles. The van der Waals surface area contributed by atoms with Crippen molar-refractivity contribution in [2.24, 2.45) is 0 Å². The van der Waals surface area contributed by atoms with Gasteiger partial charge in [-0.15, -0.1) is 10.2 Å². The number of tetrazole rings is 1. The Morgan fingerprint density at radius 2 is 2.12 bits per heavy atom. The molecule has 0 bridgehead atoms. The van der Waals surface area contributed by atoms with Gasteiger partial charge in [-0.05, 0) is 70.0 Å². The highest BCUT2D eigenvalue weighted by Gasteiger charge is 2.37. The fraction of sp³-hybridized carbons (Fsp3) is 0.522. The van der Waals surface area contributed by atoms with Crippen molar-refractivity contribution < 1.29 is 23.2 Å². The number of hydrogen-bond donors (Lipinski definition) is 1. The maximum atomic E-state index is 13.6. The number of carbonyl (C=O) groups is 2. The zero-order valence-electron chi connectivity index (χ0n) is 19.9. The summed E-state index contributed by atoms with van der Waals surface area (Å²) in [4.78, 5) is 29.6. The van der Waals surface area contributed by atoms with Crippen molar-refractivity contribution >= 4 is 11.8 Å². The third-order valence-corrected chi connectivity index (χ3v) is 5.31. The van der Waals surface area contributed by atoms with Crippen LogP contribution in [0.4, 0.5) is 0 Å². The normalized spacial score (nSPS) is 17.0. The van der Waals surface area contributed by atoms with E-state index in [1.807, 2.05) is 27.7 Å². The van der Waals surface area contributed by atoms with E-state index in [1.54, 1.807) is 24.3 Å². The molecule has 1 saturated heterocycles. The molecule has 11 nitrogen and oxygen atoms in total. The number of aromatic nitrogens is 4. The summed E-state index contributed by atoms with van der Waals surface area (Å²) in [6, 6.07) is 5.95. The fourth-order valence-corrected chi connectivity index (χ4v) is 3.84. The Morgan fingerprint density at radius 1 is 1.29 bits per heavy atom. The van der Waals surface area contributed by atoms with E-state index >= 15 is 0 Å². The summed E-state index contributed by atoms with van der Waals surface area (Å²) in [6.07, 6.45) is 3.02. The molecule has 2 amide bonds. The molecule has 4 rings (SSSR count). The third-order valence-electron chi connectivity index (χ3n) is 5.31. The van der Waals surface area contributed by atoms with Crippen LogP contribution in [0.1, 0.15) is 51.2 Å². The second kappa shape index (κ2) is 9.80. The van der Waals surface area contributed by atoms with Crippen molar-refractivity contribution in [3.05, 3.63) is 42.0 Å². The Labute approximate surface area is 197 Å². The van der Waals surface area contributed by atoms with E-state index in [4.69, 9.17) is 13.6 Å². The number of amides is 2. The molecule has 2 atom stereocenters. The van der Waals surface area contributed by atoms with Crippen molar-refractivity contribution in [2.45, 2.75) is 64.8 Å². The molecule has 0 aliphatic carbocycles. The minimum atomic E-state index is -0.971. The Kier molecular flexibility index (Phi) is 6.82. The van der Waals surface area contributed by atoms with Crippen LogP contribution in [0.2, 0.25) is 0 Å². The van der Waals surface area contributed by atoms with E-state index in [0.717, 1.165) is 18.6 Å². The van der Waals surface area contributed by atoms with Crippen molar-refractivity contribution in [1.82, 2.24) is 30.4 Å². The zero-order chi connectivity index (χ0) is 24.3. The summed E-state index contributed by atoms with van der Waals surface area (Å²) >= 11 is 0. The summed E-state index contributed by atoms with van der Waals surface area (Å²) in [6.45, 7) is 8.12. The highest BCUT2D eigenvalue weighted by Crippen LogP contribution is 2.26. The van der Waals surface area contributed by atoms with Crippen molar-refractivity contribution in [3.63, 3.8) is 0 Å². The highest BCUT2D eigenvalue weighted by atomic mass is 16.5. The quantitative estimate of drug-likeness (QED) is 0.532. The number of rotatable bonds is 8.